The van der Waals surface area contributed by atoms with Gasteiger partial charge in [0, 0.05) is 12.6 Å². The number of halogens is 4. The molecular weight excluding hydrogens is 341 g/mol. The first-order valence-electron chi connectivity index (χ1n) is 5.90. The number of nitrogens with zero attached hydrogens (tertiary/aromatic N) is 4. The van der Waals surface area contributed by atoms with Crippen LogP contribution < -0.4 is 0 Å². The third-order valence-electron chi connectivity index (χ3n) is 2.85. The summed E-state index contributed by atoms with van der Waals surface area (Å²) in [4.78, 5) is 0. The minimum Gasteiger partial charge on any atom is -0.506 e. The Kier molecular flexibility index (Phi) is 4.17. The molecule has 22 heavy (non-hydrogen) atoms. The van der Waals surface area contributed by atoms with Gasteiger partial charge in [0.15, 0.2) is 0 Å². The molecule has 0 aliphatic carbocycles. The molecule has 116 valence electrons. The number of hydrogen-bond acceptors (Lipinski definition) is 4. The molecule has 0 amide bonds. The Labute approximate surface area is 132 Å². The Morgan fingerprint density at radius 2 is 2.09 bits per heavy atom. The van der Waals surface area contributed by atoms with E-state index in [0.29, 0.717) is 0 Å². The summed E-state index contributed by atoms with van der Waals surface area (Å²) < 4.78 is 40.3. The summed E-state index contributed by atoms with van der Waals surface area (Å²) in [7, 11) is 0. The number of alkyl halides is 3. The Bertz CT molecular complexity index is 835. The first-order valence-corrected chi connectivity index (χ1v) is 6.69. The van der Waals surface area contributed by atoms with Crippen LogP contribution in [0, 0.1) is 16.1 Å². The van der Waals surface area contributed by atoms with Crippen molar-refractivity contribution in [3.05, 3.63) is 33.3 Å². The van der Waals surface area contributed by atoms with Gasteiger partial charge >= 0.3 is 6.18 Å². The van der Waals surface area contributed by atoms with E-state index in [9.17, 15) is 18.3 Å². The highest BCUT2D eigenvalue weighted by atomic mass is 35.5. The molecule has 0 fully saturated rings. The van der Waals surface area contributed by atoms with Gasteiger partial charge < -0.3 is 5.11 Å². The molecule has 0 spiro atoms. The Balaban J connectivity index is 2.75. The average Bonchev–Trinajstić information content (AvgIpc) is 2.77. The van der Waals surface area contributed by atoms with Gasteiger partial charge in [-0.2, -0.15) is 18.4 Å². The lowest BCUT2D eigenvalue weighted by atomic mass is 10.2. The topological polar surface area (TPSA) is 66.8 Å². The van der Waals surface area contributed by atoms with Gasteiger partial charge in [0.2, 0.25) is 10.6 Å². The summed E-state index contributed by atoms with van der Waals surface area (Å²) >= 11 is 10.9. The van der Waals surface area contributed by atoms with Crippen LogP contribution >= 0.6 is 23.8 Å². The van der Waals surface area contributed by atoms with Crippen LogP contribution in [0.5, 0.6) is 5.75 Å². The lowest BCUT2D eigenvalue weighted by Crippen LogP contribution is -2.14. The lowest BCUT2D eigenvalue weighted by molar-refractivity contribution is -0.147. The minimum absolute atomic E-state index is 0.0342. The van der Waals surface area contributed by atoms with Crippen molar-refractivity contribution in [1.82, 2.24) is 14.3 Å². The summed E-state index contributed by atoms with van der Waals surface area (Å²) in [5, 5.41) is 21.9. The second-order valence-corrected chi connectivity index (χ2v) is 4.96. The van der Waals surface area contributed by atoms with Crippen LogP contribution in [0.25, 0.3) is 5.69 Å². The van der Waals surface area contributed by atoms with Gasteiger partial charge in [-0.05, 0) is 25.2 Å². The summed E-state index contributed by atoms with van der Waals surface area (Å²) in [6.45, 7) is 1.46. The highest BCUT2D eigenvalue weighted by molar-refractivity contribution is 7.71. The van der Waals surface area contributed by atoms with Gasteiger partial charge in [0.1, 0.15) is 11.8 Å². The minimum atomic E-state index is -4.68. The third kappa shape index (κ3) is 2.67. The van der Waals surface area contributed by atoms with Crippen molar-refractivity contribution in [3.63, 3.8) is 0 Å². The standard InChI is InChI=1S/C12H8ClF3N4OS/c1-2-19-10(12(14,15)16)18-20(11(19)22)8-4-9(21)6(5-17)3-7(8)13/h3-4,21H,2H2,1H3. The van der Waals surface area contributed by atoms with Crippen molar-refractivity contribution >= 4 is 23.8 Å². The number of benzene rings is 1. The summed E-state index contributed by atoms with van der Waals surface area (Å²) in [5.41, 5.74) is -0.146. The molecule has 0 saturated carbocycles. The van der Waals surface area contributed by atoms with Crippen molar-refractivity contribution in [2.24, 2.45) is 0 Å². The zero-order valence-electron chi connectivity index (χ0n) is 11.0. The molecule has 0 unspecified atom stereocenters. The van der Waals surface area contributed by atoms with E-state index in [1.165, 1.54) is 6.92 Å². The van der Waals surface area contributed by atoms with E-state index in [-0.39, 0.29) is 27.6 Å². The van der Waals surface area contributed by atoms with Crippen LogP contribution in [0.4, 0.5) is 13.2 Å². The van der Waals surface area contributed by atoms with Crippen molar-refractivity contribution < 1.29 is 18.3 Å². The van der Waals surface area contributed by atoms with Crippen LogP contribution in [-0.4, -0.2) is 19.5 Å². The molecule has 1 heterocycles. The Hall–Kier alpha value is -2.05. The molecule has 2 rings (SSSR count). The molecular formula is C12H8ClF3N4OS. The number of hydrogen-bond donors (Lipinski definition) is 1. The average molecular weight is 349 g/mol. The number of phenols is 1. The van der Waals surface area contributed by atoms with E-state index in [1.807, 2.05) is 0 Å². The van der Waals surface area contributed by atoms with Gasteiger partial charge in [-0.3, -0.25) is 4.57 Å². The van der Waals surface area contributed by atoms with Crippen molar-refractivity contribution in [3.8, 4) is 17.5 Å². The third-order valence-corrected chi connectivity index (χ3v) is 3.54. The van der Waals surface area contributed by atoms with Crippen LogP contribution in [0.2, 0.25) is 5.02 Å². The van der Waals surface area contributed by atoms with Crippen molar-refractivity contribution in [2.75, 3.05) is 0 Å². The largest absolute Gasteiger partial charge is 0.506 e. The van der Waals surface area contributed by atoms with Crippen LogP contribution in [-0.2, 0) is 12.7 Å². The van der Waals surface area contributed by atoms with E-state index < -0.39 is 17.8 Å². The number of aromatic hydroxyl groups is 1. The fourth-order valence-electron chi connectivity index (χ4n) is 1.85. The molecule has 10 heteroatoms. The molecule has 0 aliphatic rings. The number of aromatic nitrogens is 3. The fourth-order valence-corrected chi connectivity index (χ4v) is 2.45. The zero-order chi connectivity index (χ0) is 16.7. The van der Waals surface area contributed by atoms with Gasteiger partial charge in [0.25, 0.3) is 0 Å². The predicted molar refractivity (Wildman–Crippen MR) is 74.5 cm³/mol. The molecule has 0 saturated heterocycles. The molecule has 0 radical (unpaired) electrons. The molecule has 5 nitrogen and oxygen atoms in total. The highest BCUT2D eigenvalue weighted by Gasteiger charge is 2.38. The molecule has 0 bridgehead atoms. The first kappa shape index (κ1) is 16.3. The number of rotatable bonds is 2. The fraction of sp³-hybridized carbons (Fsp3) is 0.250. The molecule has 2 aromatic rings. The van der Waals surface area contributed by atoms with Gasteiger partial charge in [0.05, 0.1) is 16.3 Å². The maximum Gasteiger partial charge on any atom is 0.451 e. The monoisotopic (exact) mass is 348 g/mol. The number of nitriles is 1. The second kappa shape index (κ2) is 5.62. The van der Waals surface area contributed by atoms with E-state index in [4.69, 9.17) is 29.1 Å². The van der Waals surface area contributed by atoms with Crippen LogP contribution in [0.3, 0.4) is 0 Å². The second-order valence-electron chi connectivity index (χ2n) is 4.19. The SMILES string of the molecule is CCn1c(C(F)(F)F)nn(-c2cc(O)c(C#N)cc2Cl)c1=S. The van der Waals surface area contributed by atoms with E-state index in [2.05, 4.69) is 5.10 Å². The van der Waals surface area contributed by atoms with E-state index >= 15 is 0 Å². The van der Waals surface area contributed by atoms with Gasteiger partial charge in [-0.1, -0.05) is 11.6 Å². The predicted octanol–water partition coefficient (Wildman–Crippen LogP) is 3.67. The van der Waals surface area contributed by atoms with Gasteiger partial charge in [-0.25, -0.2) is 4.68 Å². The molecule has 1 aromatic heterocycles. The highest BCUT2D eigenvalue weighted by Crippen LogP contribution is 2.32. The quantitative estimate of drug-likeness (QED) is 0.841. The van der Waals surface area contributed by atoms with E-state index in [1.54, 1.807) is 6.07 Å². The van der Waals surface area contributed by atoms with Crippen molar-refractivity contribution in [1.29, 1.82) is 5.26 Å². The lowest BCUT2D eigenvalue weighted by Gasteiger charge is -2.06. The number of phenolic OH excluding ortho intramolecular Hbond substituents is 1. The summed E-state index contributed by atoms with van der Waals surface area (Å²) in [6.07, 6.45) is -4.68. The Morgan fingerprint density at radius 1 is 1.45 bits per heavy atom. The normalized spacial score (nSPS) is 11.5. The van der Waals surface area contributed by atoms with Crippen LogP contribution in [0.15, 0.2) is 12.1 Å². The maximum atomic E-state index is 13.0. The summed E-state index contributed by atoms with van der Waals surface area (Å²) in [5.74, 6) is -1.59. The maximum absolute atomic E-state index is 13.0. The molecule has 0 atom stereocenters. The van der Waals surface area contributed by atoms with E-state index in [0.717, 1.165) is 21.4 Å². The smallest absolute Gasteiger partial charge is 0.451 e. The van der Waals surface area contributed by atoms with Crippen molar-refractivity contribution in [2.45, 2.75) is 19.6 Å². The molecule has 1 aromatic carbocycles. The van der Waals surface area contributed by atoms with Crippen LogP contribution in [0.1, 0.15) is 18.3 Å². The molecule has 0 aliphatic heterocycles. The summed E-state index contributed by atoms with van der Waals surface area (Å²) in [6, 6.07) is 3.88. The zero-order valence-corrected chi connectivity index (χ0v) is 12.6. The van der Waals surface area contributed by atoms with Gasteiger partial charge in [-0.15, -0.1) is 5.10 Å². The first-order chi connectivity index (χ1) is 10.2. The molecule has 1 N–H and O–H groups in total. The Morgan fingerprint density at radius 3 is 2.55 bits per heavy atom.